The lowest BCUT2D eigenvalue weighted by Crippen LogP contribution is -2.13. The highest BCUT2D eigenvalue weighted by molar-refractivity contribution is 6.04. The van der Waals surface area contributed by atoms with Crippen LogP contribution in [-0.2, 0) is 0 Å². The monoisotopic (exact) mass is 276 g/mol. The predicted molar refractivity (Wildman–Crippen MR) is 85.6 cm³/mol. The van der Waals surface area contributed by atoms with E-state index in [1.165, 1.54) is 5.56 Å². The van der Waals surface area contributed by atoms with Crippen LogP contribution in [0.1, 0.15) is 21.6 Å². The van der Waals surface area contributed by atoms with E-state index >= 15 is 0 Å². The summed E-state index contributed by atoms with van der Waals surface area (Å²) >= 11 is 0. The normalized spacial score (nSPS) is 10.6. The molecule has 0 aliphatic heterocycles. The highest BCUT2D eigenvalue weighted by atomic mass is 16.1. The van der Waals surface area contributed by atoms with Crippen LogP contribution in [0.15, 0.2) is 54.6 Å². The Labute approximate surface area is 123 Å². The fourth-order valence-corrected chi connectivity index (χ4v) is 2.21. The minimum absolute atomic E-state index is 0.191. The molecule has 0 saturated carbocycles. The molecule has 0 aliphatic carbocycles. The van der Waals surface area contributed by atoms with Crippen LogP contribution in [0, 0.1) is 13.8 Å². The number of benzene rings is 2. The zero-order valence-corrected chi connectivity index (χ0v) is 12.1. The van der Waals surface area contributed by atoms with Crippen molar-refractivity contribution in [3.63, 3.8) is 0 Å². The smallest absolute Gasteiger partial charge is 0.274 e. The number of para-hydroxylation sites is 1. The van der Waals surface area contributed by atoms with E-state index in [4.69, 9.17) is 0 Å². The SMILES string of the molecule is Cc1ccc(NC(=O)c2ccc3ccccc3n2)cc1C. The molecule has 0 spiro atoms. The number of nitrogens with zero attached hydrogens (tertiary/aromatic N) is 1. The molecule has 3 heteroatoms. The molecule has 104 valence electrons. The predicted octanol–water partition coefficient (Wildman–Crippen LogP) is 4.10. The summed E-state index contributed by atoms with van der Waals surface area (Å²) in [6.07, 6.45) is 0. The van der Waals surface area contributed by atoms with Crippen LogP contribution in [0.4, 0.5) is 5.69 Å². The number of amides is 1. The first-order valence-corrected chi connectivity index (χ1v) is 6.88. The summed E-state index contributed by atoms with van der Waals surface area (Å²) in [5.74, 6) is -0.191. The van der Waals surface area contributed by atoms with E-state index in [1.807, 2.05) is 62.4 Å². The van der Waals surface area contributed by atoms with Gasteiger partial charge in [-0.1, -0.05) is 30.3 Å². The van der Waals surface area contributed by atoms with Gasteiger partial charge >= 0.3 is 0 Å². The standard InChI is InChI=1S/C18H16N2O/c1-12-7-9-15(11-13(12)2)19-18(21)17-10-8-14-5-3-4-6-16(14)20-17/h3-11H,1-2H3,(H,19,21). The quantitative estimate of drug-likeness (QED) is 0.765. The topological polar surface area (TPSA) is 42.0 Å². The van der Waals surface area contributed by atoms with E-state index in [0.717, 1.165) is 22.2 Å². The molecule has 1 aromatic heterocycles. The number of carbonyl (C=O) groups excluding carboxylic acids is 1. The molecule has 1 amide bonds. The first-order valence-electron chi connectivity index (χ1n) is 6.88. The molecule has 2 aromatic carbocycles. The zero-order valence-electron chi connectivity index (χ0n) is 12.1. The molecular formula is C18H16N2O. The summed E-state index contributed by atoms with van der Waals surface area (Å²) in [6, 6.07) is 17.3. The molecule has 0 radical (unpaired) electrons. The third kappa shape index (κ3) is 2.77. The molecule has 0 atom stereocenters. The summed E-state index contributed by atoms with van der Waals surface area (Å²) in [7, 11) is 0. The lowest BCUT2D eigenvalue weighted by molar-refractivity contribution is 0.102. The lowest BCUT2D eigenvalue weighted by atomic mass is 10.1. The van der Waals surface area contributed by atoms with Crippen molar-refractivity contribution in [1.29, 1.82) is 0 Å². The van der Waals surface area contributed by atoms with Gasteiger partial charge in [0, 0.05) is 11.1 Å². The molecule has 21 heavy (non-hydrogen) atoms. The number of rotatable bonds is 2. The van der Waals surface area contributed by atoms with Gasteiger partial charge < -0.3 is 5.32 Å². The van der Waals surface area contributed by atoms with Gasteiger partial charge in [0.15, 0.2) is 0 Å². The van der Waals surface area contributed by atoms with Crippen LogP contribution < -0.4 is 5.32 Å². The average Bonchev–Trinajstić information content (AvgIpc) is 2.50. The minimum Gasteiger partial charge on any atom is -0.321 e. The number of hydrogen-bond donors (Lipinski definition) is 1. The third-order valence-corrected chi connectivity index (χ3v) is 3.60. The summed E-state index contributed by atoms with van der Waals surface area (Å²) in [4.78, 5) is 16.7. The van der Waals surface area contributed by atoms with Gasteiger partial charge in [-0.05, 0) is 49.2 Å². The second-order valence-electron chi connectivity index (χ2n) is 5.14. The summed E-state index contributed by atoms with van der Waals surface area (Å²) < 4.78 is 0. The van der Waals surface area contributed by atoms with E-state index in [9.17, 15) is 4.79 Å². The van der Waals surface area contributed by atoms with Crippen molar-refractivity contribution in [3.8, 4) is 0 Å². The van der Waals surface area contributed by atoms with Gasteiger partial charge in [-0.15, -0.1) is 0 Å². The highest BCUT2D eigenvalue weighted by Crippen LogP contribution is 2.16. The Balaban J connectivity index is 1.87. The van der Waals surface area contributed by atoms with Crippen molar-refractivity contribution in [3.05, 3.63) is 71.4 Å². The Bertz CT molecular complexity index is 824. The average molecular weight is 276 g/mol. The number of anilines is 1. The molecule has 0 aliphatic rings. The summed E-state index contributed by atoms with van der Waals surface area (Å²) in [6.45, 7) is 4.07. The Kier molecular flexibility index (Phi) is 3.40. The molecule has 0 saturated heterocycles. The number of aromatic nitrogens is 1. The van der Waals surface area contributed by atoms with E-state index in [0.29, 0.717) is 5.69 Å². The summed E-state index contributed by atoms with van der Waals surface area (Å²) in [5, 5.41) is 3.92. The Hall–Kier alpha value is -2.68. The second-order valence-corrected chi connectivity index (χ2v) is 5.14. The first-order chi connectivity index (χ1) is 10.1. The molecule has 3 nitrogen and oxygen atoms in total. The molecular weight excluding hydrogens is 260 g/mol. The van der Waals surface area contributed by atoms with Gasteiger partial charge in [0.25, 0.3) is 5.91 Å². The van der Waals surface area contributed by atoms with Crippen molar-refractivity contribution in [2.75, 3.05) is 5.32 Å². The number of hydrogen-bond acceptors (Lipinski definition) is 2. The van der Waals surface area contributed by atoms with Crippen molar-refractivity contribution in [2.45, 2.75) is 13.8 Å². The van der Waals surface area contributed by atoms with Crippen LogP contribution in [0.3, 0.4) is 0 Å². The van der Waals surface area contributed by atoms with Crippen molar-refractivity contribution in [1.82, 2.24) is 4.98 Å². The molecule has 1 N–H and O–H groups in total. The zero-order chi connectivity index (χ0) is 14.8. The van der Waals surface area contributed by atoms with Crippen LogP contribution in [0.2, 0.25) is 0 Å². The van der Waals surface area contributed by atoms with Gasteiger partial charge in [0.1, 0.15) is 5.69 Å². The lowest BCUT2D eigenvalue weighted by Gasteiger charge is -2.08. The third-order valence-electron chi connectivity index (χ3n) is 3.60. The van der Waals surface area contributed by atoms with Crippen molar-refractivity contribution in [2.24, 2.45) is 0 Å². The fraction of sp³-hybridized carbons (Fsp3) is 0.111. The maximum absolute atomic E-state index is 12.3. The molecule has 0 bridgehead atoms. The number of pyridine rings is 1. The minimum atomic E-state index is -0.191. The van der Waals surface area contributed by atoms with Gasteiger partial charge in [-0.3, -0.25) is 4.79 Å². The molecule has 3 rings (SSSR count). The first kappa shape index (κ1) is 13.3. The van der Waals surface area contributed by atoms with Crippen LogP contribution >= 0.6 is 0 Å². The maximum atomic E-state index is 12.3. The largest absolute Gasteiger partial charge is 0.321 e. The van der Waals surface area contributed by atoms with Crippen molar-refractivity contribution < 1.29 is 4.79 Å². The summed E-state index contributed by atoms with van der Waals surface area (Å²) in [5.41, 5.74) is 4.39. The van der Waals surface area contributed by atoms with Crippen LogP contribution in [0.5, 0.6) is 0 Å². The van der Waals surface area contributed by atoms with E-state index in [1.54, 1.807) is 6.07 Å². The highest BCUT2D eigenvalue weighted by Gasteiger charge is 2.09. The number of aryl methyl sites for hydroxylation is 2. The molecule has 0 unspecified atom stereocenters. The Morgan fingerprint density at radius 1 is 0.952 bits per heavy atom. The molecule has 0 fully saturated rings. The Morgan fingerprint density at radius 2 is 1.76 bits per heavy atom. The van der Waals surface area contributed by atoms with Crippen LogP contribution in [0.25, 0.3) is 10.9 Å². The van der Waals surface area contributed by atoms with Crippen molar-refractivity contribution >= 4 is 22.5 Å². The number of fused-ring (bicyclic) bond motifs is 1. The Morgan fingerprint density at radius 3 is 2.57 bits per heavy atom. The number of carbonyl (C=O) groups is 1. The molecule has 1 heterocycles. The maximum Gasteiger partial charge on any atom is 0.274 e. The van der Waals surface area contributed by atoms with Gasteiger partial charge in [0.05, 0.1) is 5.52 Å². The fourth-order valence-electron chi connectivity index (χ4n) is 2.21. The number of nitrogens with one attached hydrogen (secondary N) is 1. The second kappa shape index (κ2) is 5.37. The van der Waals surface area contributed by atoms with Gasteiger partial charge in [0.2, 0.25) is 0 Å². The van der Waals surface area contributed by atoms with Crippen LogP contribution in [-0.4, -0.2) is 10.9 Å². The van der Waals surface area contributed by atoms with E-state index in [-0.39, 0.29) is 5.91 Å². The van der Waals surface area contributed by atoms with E-state index in [2.05, 4.69) is 10.3 Å². The van der Waals surface area contributed by atoms with Gasteiger partial charge in [-0.2, -0.15) is 0 Å². The van der Waals surface area contributed by atoms with Gasteiger partial charge in [-0.25, -0.2) is 4.98 Å². The molecule has 3 aromatic rings. The van der Waals surface area contributed by atoms with E-state index < -0.39 is 0 Å².